The van der Waals surface area contributed by atoms with Crippen LogP contribution in [0.4, 0.5) is 4.39 Å². The van der Waals surface area contributed by atoms with Crippen LogP contribution in [0.3, 0.4) is 0 Å². The molecule has 0 spiro atoms. The van der Waals surface area contributed by atoms with Gasteiger partial charge in [-0.2, -0.15) is 0 Å². The SMILES string of the molecule is CCCN1CC(Cc2ccc(OC)cc2F)C1. The van der Waals surface area contributed by atoms with E-state index in [9.17, 15) is 4.39 Å². The van der Waals surface area contributed by atoms with Gasteiger partial charge in [-0.25, -0.2) is 4.39 Å². The summed E-state index contributed by atoms with van der Waals surface area (Å²) in [5.74, 6) is 1.07. The third-order valence-electron chi connectivity index (χ3n) is 3.34. The van der Waals surface area contributed by atoms with Crippen LogP contribution in [-0.4, -0.2) is 31.6 Å². The lowest BCUT2D eigenvalue weighted by Gasteiger charge is -2.39. The molecular formula is C14H20FNO. The van der Waals surface area contributed by atoms with Crippen molar-refractivity contribution in [1.29, 1.82) is 0 Å². The monoisotopic (exact) mass is 237 g/mol. The van der Waals surface area contributed by atoms with Crippen molar-refractivity contribution in [3.05, 3.63) is 29.6 Å². The van der Waals surface area contributed by atoms with Crippen LogP contribution in [0.2, 0.25) is 0 Å². The number of methoxy groups -OCH3 is 1. The van der Waals surface area contributed by atoms with Crippen LogP contribution < -0.4 is 4.74 Å². The second-order valence-corrected chi connectivity index (χ2v) is 4.79. The molecule has 0 amide bonds. The predicted molar refractivity (Wildman–Crippen MR) is 66.9 cm³/mol. The number of ether oxygens (including phenoxy) is 1. The summed E-state index contributed by atoms with van der Waals surface area (Å²) in [6, 6.07) is 5.15. The van der Waals surface area contributed by atoms with Gasteiger partial charge < -0.3 is 9.64 Å². The molecule has 17 heavy (non-hydrogen) atoms. The molecular weight excluding hydrogens is 217 g/mol. The molecule has 0 aliphatic carbocycles. The maximum absolute atomic E-state index is 13.7. The second kappa shape index (κ2) is 5.50. The molecule has 1 fully saturated rings. The van der Waals surface area contributed by atoms with E-state index in [-0.39, 0.29) is 5.82 Å². The third kappa shape index (κ3) is 2.97. The minimum absolute atomic E-state index is 0.140. The van der Waals surface area contributed by atoms with Crippen molar-refractivity contribution < 1.29 is 9.13 Å². The fourth-order valence-corrected chi connectivity index (χ4v) is 2.44. The van der Waals surface area contributed by atoms with Crippen molar-refractivity contribution in [2.75, 3.05) is 26.7 Å². The van der Waals surface area contributed by atoms with Gasteiger partial charge in [0, 0.05) is 19.2 Å². The van der Waals surface area contributed by atoms with Crippen LogP contribution in [0.5, 0.6) is 5.75 Å². The molecule has 0 saturated carbocycles. The van der Waals surface area contributed by atoms with E-state index >= 15 is 0 Å². The second-order valence-electron chi connectivity index (χ2n) is 4.79. The number of halogens is 1. The number of hydrogen-bond acceptors (Lipinski definition) is 2. The maximum atomic E-state index is 13.7. The Balaban J connectivity index is 1.88. The quantitative estimate of drug-likeness (QED) is 0.780. The standard InChI is InChI=1S/C14H20FNO/c1-3-6-16-9-11(10-16)7-12-4-5-13(17-2)8-14(12)15/h4-5,8,11H,3,6-7,9-10H2,1-2H3. The fourth-order valence-electron chi connectivity index (χ4n) is 2.44. The lowest BCUT2D eigenvalue weighted by molar-refractivity contribution is 0.100. The van der Waals surface area contributed by atoms with E-state index in [1.807, 2.05) is 12.1 Å². The van der Waals surface area contributed by atoms with Gasteiger partial charge in [0.1, 0.15) is 11.6 Å². The van der Waals surface area contributed by atoms with Gasteiger partial charge in [0.05, 0.1) is 7.11 Å². The van der Waals surface area contributed by atoms with Gasteiger partial charge in [-0.15, -0.1) is 0 Å². The highest BCUT2D eigenvalue weighted by atomic mass is 19.1. The molecule has 1 aliphatic heterocycles. The molecule has 0 N–H and O–H groups in total. The van der Waals surface area contributed by atoms with Gasteiger partial charge in [0.15, 0.2) is 0 Å². The highest BCUT2D eigenvalue weighted by Crippen LogP contribution is 2.24. The molecule has 0 bridgehead atoms. The number of likely N-dealkylation sites (tertiary alicyclic amines) is 1. The zero-order valence-electron chi connectivity index (χ0n) is 10.6. The molecule has 0 radical (unpaired) electrons. The van der Waals surface area contributed by atoms with Crippen LogP contribution in [0.1, 0.15) is 18.9 Å². The van der Waals surface area contributed by atoms with Crippen molar-refractivity contribution in [3.8, 4) is 5.75 Å². The smallest absolute Gasteiger partial charge is 0.130 e. The van der Waals surface area contributed by atoms with Crippen molar-refractivity contribution in [3.63, 3.8) is 0 Å². The average Bonchev–Trinajstić information content (AvgIpc) is 2.28. The number of benzene rings is 1. The first-order valence-corrected chi connectivity index (χ1v) is 6.27. The summed E-state index contributed by atoms with van der Waals surface area (Å²) in [4.78, 5) is 2.42. The summed E-state index contributed by atoms with van der Waals surface area (Å²) in [6.07, 6.45) is 2.04. The zero-order valence-corrected chi connectivity index (χ0v) is 10.6. The summed E-state index contributed by atoms with van der Waals surface area (Å²) in [6.45, 7) is 5.58. The first kappa shape index (κ1) is 12.4. The molecule has 1 heterocycles. The molecule has 1 saturated heterocycles. The number of rotatable bonds is 5. The number of hydrogen-bond donors (Lipinski definition) is 0. The van der Waals surface area contributed by atoms with Crippen LogP contribution >= 0.6 is 0 Å². The largest absolute Gasteiger partial charge is 0.497 e. The summed E-state index contributed by atoms with van der Waals surface area (Å²) in [7, 11) is 1.56. The lowest BCUT2D eigenvalue weighted by atomic mass is 9.92. The van der Waals surface area contributed by atoms with Crippen molar-refractivity contribution in [1.82, 2.24) is 4.90 Å². The van der Waals surface area contributed by atoms with Gasteiger partial charge in [0.25, 0.3) is 0 Å². The Morgan fingerprint density at radius 2 is 2.18 bits per heavy atom. The third-order valence-corrected chi connectivity index (χ3v) is 3.34. The van der Waals surface area contributed by atoms with Gasteiger partial charge in [-0.1, -0.05) is 13.0 Å². The maximum Gasteiger partial charge on any atom is 0.130 e. The van der Waals surface area contributed by atoms with Crippen molar-refractivity contribution >= 4 is 0 Å². The molecule has 1 aromatic carbocycles. The number of nitrogens with zero attached hydrogens (tertiary/aromatic N) is 1. The summed E-state index contributed by atoms with van der Waals surface area (Å²) >= 11 is 0. The van der Waals surface area contributed by atoms with Gasteiger partial charge >= 0.3 is 0 Å². The van der Waals surface area contributed by atoms with Crippen LogP contribution in [-0.2, 0) is 6.42 Å². The normalized spacial score (nSPS) is 16.9. The molecule has 1 aliphatic rings. The average molecular weight is 237 g/mol. The minimum Gasteiger partial charge on any atom is -0.497 e. The molecule has 0 aromatic heterocycles. The Kier molecular flexibility index (Phi) is 4.00. The topological polar surface area (TPSA) is 12.5 Å². The van der Waals surface area contributed by atoms with Crippen LogP contribution in [0.15, 0.2) is 18.2 Å². The van der Waals surface area contributed by atoms with E-state index in [2.05, 4.69) is 11.8 Å². The van der Waals surface area contributed by atoms with Crippen LogP contribution in [0.25, 0.3) is 0 Å². The van der Waals surface area contributed by atoms with Gasteiger partial charge in [0.2, 0.25) is 0 Å². The molecule has 1 aromatic rings. The van der Waals surface area contributed by atoms with Gasteiger partial charge in [-0.05, 0) is 36.9 Å². The van der Waals surface area contributed by atoms with E-state index in [0.717, 1.165) is 25.1 Å². The Bertz CT molecular complexity index is 374. The molecule has 94 valence electrons. The summed E-state index contributed by atoms with van der Waals surface area (Å²) < 4.78 is 18.7. The van der Waals surface area contributed by atoms with Crippen molar-refractivity contribution in [2.45, 2.75) is 19.8 Å². The Labute approximate surface area is 102 Å². The molecule has 2 nitrogen and oxygen atoms in total. The molecule has 0 unspecified atom stereocenters. The Morgan fingerprint density at radius 1 is 1.41 bits per heavy atom. The molecule has 3 heteroatoms. The van der Waals surface area contributed by atoms with Crippen molar-refractivity contribution in [2.24, 2.45) is 5.92 Å². The van der Waals surface area contributed by atoms with Crippen LogP contribution in [0, 0.1) is 11.7 Å². The Hall–Kier alpha value is -1.09. The summed E-state index contributed by atoms with van der Waals surface area (Å²) in [5.41, 5.74) is 0.812. The Morgan fingerprint density at radius 3 is 2.76 bits per heavy atom. The minimum atomic E-state index is -0.140. The first-order chi connectivity index (χ1) is 8.22. The van der Waals surface area contributed by atoms with E-state index in [1.165, 1.54) is 19.0 Å². The molecule has 0 atom stereocenters. The highest BCUT2D eigenvalue weighted by molar-refractivity contribution is 5.29. The predicted octanol–water partition coefficient (Wildman–Crippen LogP) is 2.72. The van der Waals surface area contributed by atoms with E-state index in [0.29, 0.717) is 11.7 Å². The lowest BCUT2D eigenvalue weighted by Crippen LogP contribution is -2.47. The first-order valence-electron chi connectivity index (χ1n) is 6.27. The van der Waals surface area contributed by atoms with E-state index in [1.54, 1.807) is 7.11 Å². The molecule has 2 rings (SSSR count). The van der Waals surface area contributed by atoms with E-state index in [4.69, 9.17) is 4.74 Å². The van der Waals surface area contributed by atoms with Gasteiger partial charge in [-0.3, -0.25) is 0 Å². The fraction of sp³-hybridized carbons (Fsp3) is 0.571. The highest BCUT2D eigenvalue weighted by Gasteiger charge is 2.26. The zero-order chi connectivity index (χ0) is 12.3. The summed E-state index contributed by atoms with van der Waals surface area (Å²) in [5, 5.41) is 0. The van der Waals surface area contributed by atoms with E-state index < -0.39 is 0 Å².